The van der Waals surface area contributed by atoms with Crippen LogP contribution >= 0.6 is 0 Å². The van der Waals surface area contributed by atoms with Gasteiger partial charge in [-0.15, -0.1) is 0 Å². The average molecular weight is 466 g/mol. The first-order valence-corrected chi connectivity index (χ1v) is 11.4. The number of aromatic nitrogens is 3. The highest BCUT2D eigenvalue weighted by atomic mass is 32.2. The predicted molar refractivity (Wildman–Crippen MR) is 122 cm³/mol. The van der Waals surface area contributed by atoms with Crippen molar-refractivity contribution in [1.29, 1.82) is 0 Å². The van der Waals surface area contributed by atoms with E-state index in [0.29, 0.717) is 17.9 Å². The Labute approximate surface area is 190 Å². The second-order valence-corrected chi connectivity index (χ2v) is 8.98. The summed E-state index contributed by atoms with van der Waals surface area (Å²) in [7, 11) is -3.89. The summed E-state index contributed by atoms with van der Waals surface area (Å²) in [5.74, 6) is -0.468. The van der Waals surface area contributed by atoms with Crippen LogP contribution in [0.25, 0.3) is 0 Å². The molecule has 0 spiro atoms. The van der Waals surface area contributed by atoms with Crippen LogP contribution in [0.3, 0.4) is 0 Å². The molecule has 8 nitrogen and oxygen atoms in total. The molecule has 2 aromatic heterocycles. The zero-order chi connectivity index (χ0) is 23.4. The normalized spacial score (nSPS) is 11.2. The van der Waals surface area contributed by atoms with Crippen LogP contribution in [0.4, 0.5) is 15.9 Å². The van der Waals surface area contributed by atoms with Crippen molar-refractivity contribution in [2.75, 3.05) is 10.0 Å². The van der Waals surface area contributed by atoms with Gasteiger partial charge in [-0.3, -0.25) is 19.2 Å². The summed E-state index contributed by atoms with van der Waals surface area (Å²) in [5.41, 5.74) is 1.86. The highest BCUT2D eigenvalue weighted by molar-refractivity contribution is 7.92. The SMILES string of the molecule is Cc1cc(S(=O)(=O)Nc2ccc(C(=O)Nc3ccn(Cc4ccncc4)n3)cc2)ccc1F. The van der Waals surface area contributed by atoms with Gasteiger partial charge in [0.05, 0.1) is 11.4 Å². The molecule has 0 aliphatic heterocycles. The van der Waals surface area contributed by atoms with Crippen LogP contribution in [0, 0.1) is 12.7 Å². The fraction of sp³-hybridized carbons (Fsp3) is 0.0870. The number of anilines is 2. The van der Waals surface area contributed by atoms with Gasteiger partial charge < -0.3 is 5.32 Å². The molecule has 0 aliphatic rings. The summed E-state index contributed by atoms with van der Waals surface area (Å²) < 4.78 is 42.6. The number of nitrogens with zero attached hydrogens (tertiary/aromatic N) is 3. The van der Waals surface area contributed by atoms with Crippen LogP contribution in [0.5, 0.6) is 0 Å². The van der Waals surface area contributed by atoms with E-state index in [1.165, 1.54) is 43.3 Å². The maximum absolute atomic E-state index is 13.4. The third-order valence-corrected chi connectivity index (χ3v) is 6.19. The van der Waals surface area contributed by atoms with Crippen LogP contribution in [-0.2, 0) is 16.6 Å². The van der Waals surface area contributed by atoms with Gasteiger partial charge in [-0.1, -0.05) is 0 Å². The molecule has 0 saturated heterocycles. The van der Waals surface area contributed by atoms with E-state index in [4.69, 9.17) is 0 Å². The molecule has 2 heterocycles. The standard InChI is InChI=1S/C23H20FN5O3S/c1-16-14-20(6-7-21(16)24)33(31,32)28-19-4-2-18(3-5-19)23(30)26-22-10-13-29(27-22)15-17-8-11-25-12-9-17/h2-14,28H,15H2,1H3,(H,26,27,30). The van der Waals surface area contributed by atoms with Crippen molar-refractivity contribution in [3.8, 4) is 0 Å². The lowest BCUT2D eigenvalue weighted by molar-refractivity contribution is 0.102. The predicted octanol–water partition coefficient (Wildman–Crippen LogP) is 3.83. The molecule has 4 aromatic rings. The van der Waals surface area contributed by atoms with Crippen molar-refractivity contribution in [2.45, 2.75) is 18.4 Å². The Hall–Kier alpha value is -4.05. The minimum atomic E-state index is -3.89. The molecule has 0 bridgehead atoms. The largest absolute Gasteiger partial charge is 0.305 e. The first kappa shape index (κ1) is 22.2. The van der Waals surface area contributed by atoms with Crippen molar-refractivity contribution in [1.82, 2.24) is 14.8 Å². The number of aryl methyl sites for hydroxylation is 1. The molecule has 2 aromatic carbocycles. The molecular weight excluding hydrogens is 445 g/mol. The first-order chi connectivity index (χ1) is 15.8. The lowest BCUT2D eigenvalue weighted by Crippen LogP contribution is -2.15. The molecule has 0 radical (unpaired) electrons. The van der Waals surface area contributed by atoms with E-state index in [9.17, 15) is 17.6 Å². The van der Waals surface area contributed by atoms with Crippen LogP contribution in [0.15, 0.2) is 84.1 Å². The molecule has 0 unspecified atom stereocenters. The summed E-state index contributed by atoms with van der Waals surface area (Å²) in [4.78, 5) is 16.5. The quantitative estimate of drug-likeness (QED) is 0.432. The number of carbonyl (C=O) groups excluding carboxylic acids is 1. The van der Waals surface area contributed by atoms with Crippen LogP contribution < -0.4 is 10.0 Å². The number of hydrogen-bond donors (Lipinski definition) is 2. The van der Waals surface area contributed by atoms with Gasteiger partial charge in [0.15, 0.2) is 5.82 Å². The maximum Gasteiger partial charge on any atom is 0.261 e. The molecule has 0 saturated carbocycles. The Morgan fingerprint density at radius 2 is 1.76 bits per heavy atom. The zero-order valence-electron chi connectivity index (χ0n) is 17.6. The number of nitrogens with one attached hydrogen (secondary N) is 2. The Kier molecular flexibility index (Phi) is 6.18. The second-order valence-electron chi connectivity index (χ2n) is 7.30. The number of hydrogen-bond acceptors (Lipinski definition) is 5. The summed E-state index contributed by atoms with van der Waals surface area (Å²) in [6, 6.07) is 15.0. The monoisotopic (exact) mass is 465 g/mol. The molecule has 0 aliphatic carbocycles. The minimum Gasteiger partial charge on any atom is -0.305 e. The fourth-order valence-electron chi connectivity index (χ4n) is 3.07. The molecule has 10 heteroatoms. The highest BCUT2D eigenvalue weighted by Gasteiger charge is 2.16. The Bertz CT molecular complexity index is 1390. The smallest absolute Gasteiger partial charge is 0.261 e. The topological polar surface area (TPSA) is 106 Å². The van der Waals surface area contributed by atoms with Crippen molar-refractivity contribution < 1.29 is 17.6 Å². The Morgan fingerprint density at radius 1 is 1.03 bits per heavy atom. The number of pyridine rings is 1. The van der Waals surface area contributed by atoms with Gasteiger partial charge in [-0.2, -0.15) is 5.10 Å². The molecule has 4 rings (SSSR count). The van der Waals surface area contributed by atoms with E-state index in [1.807, 2.05) is 12.1 Å². The Morgan fingerprint density at radius 3 is 2.45 bits per heavy atom. The van der Waals surface area contributed by atoms with E-state index in [2.05, 4.69) is 20.1 Å². The van der Waals surface area contributed by atoms with Crippen LogP contribution in [0.1, 0.15) is 21.5 Å². The third kappa shape index (κ3) is 5.42. The number of benzene rings is 2. The molecule has 33 heavy (non-hydrogen) atoms. The summed E-state index contributed by atoms with van der Waals surface area (Å²) >= 11 is 0. The molecular formula is C23H20FN5O3S. The zero-order valence-corrected chi connectivity index (χ0v) is 18.4. The molecule has 1 amide bonds. The Balaban J connectivity index is 1.40. The van der Waals surface area contributed by atoms with Gasteiger partial charge in [0.2, 0.25) is 0 Å². The van der Waals surface area contributed by atoms with Gasteiger partial charge in [-0.25, -0.2) is 12.8 Å². The number of amides is 1. The van der Waals surface area contributed by atoms with Gasteiger partial charge in [-0.05, 0) is 72.6 Å². The minimum absolute atomic E-state index is 0.0504. The molecule has 2 N–H and O–H groups in total. The van der Waals surface area contributed by atoms with Gasteiger partial charge in [0.25, 0.3) is 15.9 Å². The van der Waals surface area contributed by atoms with Gasteiger partial charge in [0.1, 0.15) is 5.82 Å². The van der Waals surface area contributed by atoms with Gasteiger partial charge in [0, 0.05) is 35.9 Å². The third-order valence-electron chi connectivity index (χ3n) is 4.82. The maximum atomic E-state index is 13.4. The summed E-state index contributed by atoms with van der Waals surface area (Å²) in [5, 5.41) is 7.04. The fourth-order valence-corrected chi connectivity index (χ4v) is 4.21. The molecule has 0 fully saturated rings. The summed E-state index contributed by atoms with van der Waals surface area (Å²) in [6.45, 7) is 2.03. The first-order valence-electron chi connectivity index (χ1n) is 9.93. The van der Waals surface area contributed by atoms with Crippen molar-refractivity contribution >= 4 is 27.4 Å². The molecule has 168 valence electrons. The highest BCUT2D eigenvalue weighted by Crippen LogP contribution is 2.19. The van der Waals surface area contributed by atoms with Crippen molar-refractivity contribution in [3.05, 3.63) is 102 Å². The van der Waals surface area contributed by atoms with Gasteiger partial charge >= 0.3 is 0 Å². The average Bonchev–Trinajstić information content (AvgIpc) is 3.23. The van der Waals surface area contributed by atoms with E-state index >= 15 is 0 Å². The van der Waals surface area contributed by atoms with E-state index in [0.717, 1.165) is 11.6 Å². The lowest BCUT2D eigenvalue weighted by atomic mass is 10.2. The lowest BCUT2D eigenvalue weighted by Gasteiger charge is -2.10. The number of halogens is 1. The second kappa shape index (κ2) is 9.21. The van der Waals surface area contributed by atoms with Crippen LogP contribution in [0.2, 0.25) is 0 Å². The van der Waals surface area contributed by atoms with E-state index in [1.54, 1.807) is 29.3 Å². The van der Waals surface area contributed by atoms with E-state index in [-0.39, 0.29) is 22.1 Å². The number of sulfonamides is 1. The van der Waals surface area contributed by atoms with Crippen molar-refractivity contribution in [2.24, 2.45) is 0 Å². The van der Waals surface area contributed by atoms with Crippen molar-refractivity contribution in [3.63, 3.8) is 0 Å². The number of carbonyl (C=O) groups is 1. The number of rotatable bonds is 7. The summed E-state index contributed by atoms with van der Waals surface area (Å²) in [6.07, 6.45) is 5.16. The van der Waals surface area contributed by atoms with Crippen LogP contribution in [-0.4, -0.2) is 29.1 Å². The van der Waals surface area contributed by atoms with E-state index < -0.39 is 15.8 Å². The molecule has 0 atom stereocenters.